The molecule has 1 heterocycles. The number of nitriles is 1. The Hall–Kier alpha value is -0.590. The van der Waals surface area contributed by atoms with Crippen molar-refractivity contribution in [1.82, 2.24) is 4.90 Å². The lowest BCUT2D eigenvalue weighted by Crippen LogP contribution is -2.45. The number of rotatable bonds is 3. The van der Waals surface area contributed by atoms with Gasteiger partial charge in [0.15, 0.2) is 0 Å². The molecule has 0 saturated carbocycles. The predicted molar refractivity (Wildman–Crippen MR) is 57.6 cm³/mol. The maximum Gasteiger partial charge on any atom is 0.0638 e. The summed E-state index contributed by atoms with van der Waals surface area (Å²) in [5.41, 5.74) is 5.91. The van der Waals surface area contributed by atoms with Gasteiger partial charge in [0, 0.05) is 18.6 Å². The van der Waals surface area contributed by atoms with Gasteiger partial charge in [0.25, 0.3) is 0 Å². The summed E-state index contributed by atoms with van der Waals surface area (Å²) in [6.07, 6.45) is 3.10. The zero-order valence-electron chi connectivity index (χ0n) is 9.24. The van der Waals surface area contributed by atoms with Crippen molar-refractivity contribution in [2.24, 2.45) is 11.7 Å². The Morgan fingerprint density at radius 3 is 2.86 bits per heavy atom. The largest absolute Gasteiger partial charge is 0.328 e. The number of likely N-dealkylation sites (tertiary alicyclic amines) is 1. The Labute approximate surface area is 86.9 Å². The summed E-state index contributed by atoms with van der Waals surface area (Å²) in [5, 5.41) is 8.64. The molecule has 1 aliphatic heterocycles. The van der Waals surface area contributed by atoms with E-state index < -0.39 is 0 Å². The minimum Gasteiger partial charge on any atom is -0.328 e. The van der Waals surface area contributed by atoms with E-state index in [1.54, 1.807) is 0 Å². The van der Waals surface area contributed by atoms with Crippen LogP contribution in [0.1, 0.15) is 33.1 Å². The standard InChI is InChI=1S/C11H21N3/c1-9(5-6-12)14-7-3-4-11(8-14)10(2)13/h9-11H,3-5,7-8,13H2,1-2H3. The average Bonchev–Trinajstić information content (AvgIpc) is 2.18. The number of hydrogen-bond donors (Lipinski definition) is 1. The molecule has 1 aliphatic rings. The van der Waals surface area contributed by atoms with Gasteiger partial charge in [-0.2, -0.15) is 5.26 Å². The molecule has 0 aromatic heterocycles. The summed E-state index contributed by atoms with van der Waals surface area (Å²) >= 11 is 0. The molecule has 3 heteroatoms. The van der Waals surface area contributed by atoms with E-state index in [9.17, 15) is 0 Å². The van der Waals surface area contributed by atoms with Crippen molar-refractivity contribution in [1.29, 1.82) is 5.26 Å². The lowest BCUT2D eigenvalue weighted by Gasteiger charge is -2.37. The van der Waals surface area contributed by atoms with Gasteiger partial charge in [-0.15, -0.1) is 0 Å². The van der Waals surface area contributed by atoms with Crippen LogP contribution in [0.3, 0.4) is 0 Å². The molecule has 14 heavy (non-hydrogen) atoms. The van der Waals surface area contributed by atoms with Crippen LogP contribution in [0.15, 0.2) is 0 Å². The quantitative estimate of drug-likeness (QED) is 0.739. The third-order valence-corrected chi connectivity index (χ3v) is 3.24. The zero-order valence-corrected chi connectivity index (χ0v) is 9.24. The van der Waals surface area contributed by atoms with Crippen molar-refractivity contribution in [3.8, 4) is 6.07 Å². The van der Waals surface area contributed by atoms with E-state index in [2.05, 4.69) is 24.8 Å². The van der Waals surface area contributed by atoms with Crippen LogP contribution in [0.5, 0.6) is 0 Å². The van der Waals surface area contributed by atoms with Crippen LogP contribution in [-0.4, -0.2) is 30.1 Å². The van der Waals surface area contributed by atoms with Gasteiger partial charge < -0.3 is 5.73 Å². The summed E-state index contributed by atoms with van der Waals surface area (Å²) in [4.78, 5) is 2.40. The first kappa shape index (κ1) is 11.5. The molecule has 2 N–H and O–H groups in total. The first-order valence-corrected chi connectivity index (χ1v) is 5.51. The minimum atomic E-state index is 0.284. The van der Waals surface area contributed by atoms with Crippen molar-refractivity contribution >= 4 is 0 Å². The highest BCUT2D eigenvalue weighted by Crippen LogP contribution is 2.21. The summed E-state index contributed by atoms with van der Waals surface area (Å²) in [5.74, 6) is 0.616. The van der Waals surface area contributed by atoms with E-state index in [4.69, 9.17) is 11.0 Å². The number of piperidine rings is 1. The number of nitrogens with two attached hydrogens (primary N) is 1. The maximum absolute atomic E-state index is 8.64. The van der Waals surface area contributed by atoms with Gasteiger partial charge in [0.05, 0.1) is 12.5 Å². The summed E-state index contributed by atoms with van der Waals surface area (Å²) in [6, 6.07) is 2.91. The third-order valence-electron chi connectivity index (χ3n) is 3.24. The Balaban J connectivity index is 2.44. The average molecular weight is 195 g/mol. The van der Waals surface area contributed by atoms with E-state index >= 15 is 0 Å². The Kier molecular flexibility index (Phi) is 4.37. The molecule has 0 spiro atoms. The molecule has 0 aromatic rings. The van der Waals surface area contributed by atoms with Crippen LogP contribution in [0, 0.1) is 17.2 Å². The summed E-state index contributed by atoms with van der Waals surface area (Å²) in [6.45, 7) is 6.42. The SMILES string of the molecule is CC(N)C1CCCN(C(C)CC#N)C1. The van der Waals surface area contributed by atoms with Crippen LogP contribution in [0.4, 0.5) is 0 Å². The van der Waals surface area contributed by atoms with E-state index in [0.717, 1.165) is 13.1 Å². The van der Waals surface area contributed by atoms with Crippen molar-refractivity contribution in [3.63, 3.8) is 0 Å². The van der Waals surface area contributed by atoms with Crippen LogP contribution >= 0.6 is 0 Å². The summed E-state index contributed by atoms with van der Waals surface area (Å²) < 4.78 is 0. The van der Waals surface area contributed by atoms with Crippen molar-refractivity contribution in [2.75, 3.05) is 13.1 Å². The number of nitrogens with zero attached hydrogens (tertiary/aromatic N) is 2. The van der Waals surface area contributed by atoms with Gasteiger partial charge in [0.1, 0.15) is 0 Å². The van der Waals surface area contributed by atoms with Crippen LogP contribution in [0.25, 0.3) is 0 Å². The second-order valence-corrected chi connectivity index (χ2v) is 4.47. The second kappa shape index (κ2) is 5.33. The van der Waals surface area contributed by atoms with E-state index in [1.165, 1.54) is 12.8 Å². The van der Waals surface area contributed by atoms with Gasteiger partial charge in [-0.25, -0.2) is 0 Å². The number of hydrogen-bond acceptors (Lipinski definition) is 3. The second-order valence-electron chi connectivity index (χ2n) is 4.47. The first-order chi connectivity index (χ1) is 6.65. The van der Waals surface area contributed by atoms with Gasteiger partial charge >= 0.3 is 0 Å². The third kappa shape index (κ3) is 2.97. The molecule has 0 radical (unpaired) electrons. The Bertz CT molecular complexity index is 207. The fraction of sp³-hybridized carbons (Fsp3) is 0.909. The molecule has 3 atom stereocenters. The highest BCUT2D eigenvalue weighted by molar-refractivity contribution is 4.85. The van der Waals surface area contributed by atoms with Crippen molar-refractivity contribution in [3.05, 3.63) is 0 Å². The molecular weight excluding hydrogens is 174 g/mol. The lowest BCUT2D eigenvalue weighted by atomic mass is 9.91. The van der Waals surface area contributed by atoms with E-state index in [0.29, 0.717) is 18.4 Å². The van der Waals surface area contributed by atoms with Gasteiger partial charge in [0.2, 0.25) is 0 Å². The molecular formula is C11H21N3. The molecule has 3 nitrogen and oxygen atoms in total. The molecule has 3 unspecified atom stereocenters. The van der Waals surface area contributed by atoms with E-state index in [1.807, 2.05) is 0 Å². The molecule has 1 fully saturated rings. The molecule has 0 amide bonds. The van der Waals surface area contributed by atoms with Crippen LogP contribution < -0.4 is 5.73 Å². The maximum atomic E-state index is 8.64. The normalized spacial score (nSPS) is 28.0. The van der Waals surface area contributed by atoms with Gasteiger partial charge in [-0.1, -0.05) is 0 Å². The Morgan fingerprint density at radius 2 is 2.29 bits per heavy atom. The molecule has 1 rings (SSSR count). The van der Waals surface area contributed by atoms with Crippen molar-refractivity contribution < 1.29 is 0 Å². The fourth-order valence-corrected chi connectivity index (χ4v) is 2.13. The zero-order chi connectivity index (χ0) is 10.6. The monoisotopic (exact) mass is 195 g/mol. The van der Waals surface area contributed by atoms with Crippen LogP contribution in [0.2, 0.25) is 0 Å². The van der Waals surface area contributed by atoms with E-state index in [-0.39, 0.29) is 6.04 Å². The van der Waals surface area contributed by atoms with Crippen molar-refractivity contribution in [2.45, 2.75) is 45.2 Å². The molecule has 0 bridgehead atoms. The minimum absolute atomic E-state index is 0.284. The van der Waals surface area contributed by atoms with Gasteiger partial charge in [-0.05, 0) is 39.2 Å². The molecule has 0 aromatic carbocycles. The first-order valence-electron chi connectivity index (χ1n) is 5.51. The Morgan fingerprint density at radius 1 is 1.57 bits per heavy atom. The molecule has 80 valence electrons. The van der Waals surface area contributed by atoms with Crippen LogP contribution in [-0.2, 0) is 0 Å². The smallest absolute Gasteiger partial charge is 0.0638 e. The summed E-state index contributed by atoms with van der Waals surface area (Å²) in [7, 11) is 0. The predicted octanol–water partition coefficient (Wildman–Crippen LogP) is 1.35. The highest BCUT2D eigenvalue weighted by Gasteiger charge is 2.25. The topological polar surface area (TPSA) is 53.0 Å². The molecule has 1 saturated heterocycles. The fourth-order valence-electron chi connectivity index (χ4n) is 2.13. The lowest BCUT2D eigenvalue weighted by molar-refractivity contribution is 0.123. The van der Waals surface area contributed by atoms with Gasteiger partial charge in [-0.3, -0.25) is 4.90 Å². The highest BCUT2D eigenvalue weighted by atomic mass is 15.2. The molecule has 0 aliphatic carbocycles.